The Kier molecular flexibility index (Phi) is 5.23. The van der Waals surface area contributed by atoms with Gasteiger partial charge >= 0.3 is 6.09 Å². The van der Waals surface area contributed by atoms with Crippen LogP contribution in [0.4, 0.5) is 4.79 Å². The maximum atomic E-state index is 12.1. The molecule has 1 heterocycles. The van der Waals surface area contributed by atoms with Gasteiger partial charge in [0.05, 0.1) is 27.0 Å². The van der Waals surface area contributed by atoms with E-state index in [-0.39, 0.29) is 12.1 Å². The average Bonchev–Trinajstić information content (AvgIpc) is 2.62. The van der Waals surface area contributed by atoms with E-state index in [4.69, 9.17) is 4.74 Å². The highest BCUT2D eigenvalue weighted by atomic mass is 28.3. The first-order valence-corrected chi connectivity index (χ1v) is 12.5. The van der Waals surface area contributed by atoms with E-state index in [1.807, 2.05) is 4.90 Å². The molecule has 1 aliphatic heterocycles. The molecule has 1 aromatic rings. The highest BCUT2D eigenvalue weighted by molar-refractivity contribution is 6.89. The van der Waals surface area contributed by atoms with Crippen molar-refractivity contribution in [2.45, 2.75) is 50.9 Å². The van der Waals surface area contributed by atoms with E-state index in [2.05, 4.69) is 43.4 Å². The molecular weight excluding hydrogens is 330 g/mol. The summed E-state index contributed by atoms with van der Waals surface area (Å²) in [6.45, 7) is 5.37. The second-order valence-electron chi connectivity index (χ2n) is 7.91. The Morgan fingerprint density at radius 3 is 2.68 bits per heavy atom. The molecule has 25 heavy (non-hydrogen) atoms. The summed E-state index contributed by atoms with van der Waals surface area (Å²) >= 11 is 0. The number of amides is 1. The first kappa shape index (κ1) is 18.1. The molecular formula is C20H29NO3Si. The van der Waals surface area contributed by atoms with E-state index in [1.165, 1.54) is 12.3 Å². The van der Waals surface area contributed by atoms with Gasteiger partial charge in [0.1, 0.15) is 0 Å². The highest BCUT2D eigenvalue weighted by Crippen LogP contribution is 2.42. The van der Waals surface area contributed by atoms with Crippen LogP contribution in [0, 0.1) is 5.92 Å². The molecule has 136 valence electrons. The normalized spacial score (nSPS) is 24.0. The van der Waals surface area contributed by atoms with Gasteiger partial charge in [-0.1, -0.05) is 55.0 Å². The highest BCUT2D eigenvalue weighted by Gasteiger charge is 2.41. The first-order valence-electron chi connectivity index (χ1n) is 9.26. The summed E-state index contributed by atoms with van der Waals surface area (Å²) < 4.78 is 4.97. The summed E-state index contributed by atoms with van der Waals surface area (Å²) in [4.78, 5) is 14.0. The van der Waals surface area contributed by atoms with Gasteiger partial charge in [0.25, 0.3) is 0 Å². The Hall–Kier alpha value is -1.75. The number of rotatable bonds is 3. The monoisotopic (exact) mass is 359 g/mol. The van der Waals surface area contributed by atoms with E-state index in [9.17, 15) is 9.90 Å². The lowest BCUT2D eigenvalue weighted by Crippen LogP contribution is -2.50. The molecule has 1 amide bonds. The van der Waals surface area contributed by atoms with Crippen LogP contribution in [0.5, 0.6) is 0 Å². The Bertz CT molecular complexity index is 656. The second-order valence-corrected chi connectivity index (χ2v) is 12.7. The molecule has 0 unspecified atom stereocenters. The molecule has 0 bridgehead atoms. The molecule has 1 aliphatic carbocycles. The van der Waals surface area contributed by atoms with Gasteiger partial charge in [-0.3, -0.25) is 0 Å². The fraction of sp³-hybridized carbons (Fsp3) is 0.550. The van der Waals surface area contributed by atoms with Gasteiger partial charge in [0.15, 0.2) is 0 Å². The Morgan fingerprint density at radius 2 is 2.00 bits per heavy atom. The zero-order valence-electron chi connectivity index (χ0n) is 15.5. The van der Waals surface area contributed by atoms with Crippen molar-refractivity contribution >= 4 is 19.4 Å². The predicted molar refractivity (Wildman–Crippen MR) is 103 cm³/mol. The summed E-state index contributed by atoms with van der Waals surface area (Å²) in [5, 5.41) is 12.1. The van der Waals surface area contributed by atoms with Crippen LogP contribution < -0.4 is 5.19 Å². The van der Waals surface area contributed by atoms with Gasteiger partial charge in [0, 0.05) is 13.0 Å². The number of fused-ring (bicyclic) bond motifs is 1. The zero-order chi connectivity index (χ0) is 18.0. The van der Waals surface area contributed by atoms with Crippen LogP contribution in [0.1, 0.15) is 25.7 Å². The molecule has 1 aromatic carbocycles. The minimum Gasteiger partial charge on any atom is -0.512 e. The Morgan fingerprint density at radius 1 is 1.28 bits per heavy atom. The number of carbonyl (C=O) groups is 1. The van der Waals surface area contributed by atoms with Crippen LogP contribution in [0.25, 0.3) is 0 Å². The van der Waals surface area contributed by atoms with Crippen molar-refractivity contribution in [1.82, 2.24) is 4.90 Å². The SMILES string of the molecule is COC(=O)N1CCC(O)=C2[C@H](C[Si](C)(C)c3ccccc3)CCC[C@H]21. The van der Waals surface area contributed by atoms with Crippen molar-refractivity contribution < 1.29 is 14.6 Å². The Balaban J connectivity index is 1.86. The summed E-state index contributed by atoms with van der Waals surface area (Å²) in [7, 11) is -0.174. The van der Waals surface area contributed by atoms with Crippen molar-refractivity contribution in [3.8, 4) is 0 Å². The molecule has 0 saturated heterocycles. The van der Waals surface area contributed by atoms with E-state index >= 15 is 0 Å². The molecule has 0 aromatic heterocycles. The number of nitrogens with zero attached hydrogens (tertiary/aromatic N) is 1. The maximum Gasteiger partial charge on any atom is 0.409 e. The average molecular weight is 360 g/mol. The number of carbonyl (C=O) groups excluding carboxylic acids is 1. The van der Waals surface area contributed by atoms with Crippen molar-refractivity contribution in [2.75, 3.05) is 13.7 Å². The van der Waals surface area contributed by atoms with Gasteiger partial charge in [-0.05, 0) is 30.4 Å². The lowest BCUT2D eigenvalue weighted by atomic mass is 9.78. The van der Waals surface area contributed by atoms with E-state index in [0.29, 0.717) is 24.6 Å². The first-order chi connectivity index (χ1) is 11.9. The Labute approximate surface area is 151 Å². The number of ether oxygens (including phenoxy) is 1. The van der Waals surface area contributed by atoms with Crippen LogP contribution in [-0.2, 0) is 4.74 Å². The lowest BCUT2D eigenvalue weighted by Gasteiger charge is -2.44. The second kappa shape index (κ2) is 7.24. The summed E-state index contributed by atoms with van der Waals surface area (Å²) in [5.74, 6) is 0.890. The van der Waals surface area contributed by atoms with Gasteiger partial charge in [-0.2, -0.15) is 0 Å². The van der Waals surface area contributed by atoms with Crippen LogP contribution in [0.2, 0.25) is 19.1 Å². The number of aliphatic hydroxyl groups excluding tert-OH is 1. The number of methoxy groups -OCH3 is 1. The van der Waals surface area contributed by atoms with Crippen LogP contribution in [0.3, 0.4) is 0 Å². The van der Waals surface area contributed by atoms with Gasteiger partial charge < -0.3 is 14.7 Å². The zero-order valence-corrected chi connectivity index (χ0v) is 16.5. The third-order valence-electron chi connectivity index (χ3n) is 5.85. The molecule has 5 heteroatoms. The summed E-state index contributed by atoms with van der Waals surface area (Å²) in [6.07, 6.45) is 3.41. The molecule has 1 fully saturated rings. The lowest BCUT2D eigenvalue weighted by molar-refractivity contribution is 0.0921. The minimum absolute atomic E-state index is 0.0144. The predicted octanol–water partition coefficient (Wildman–Crippen LogP) is 4.05. The molecule has 0 radical (unpaired) electrons. The van der Waals surface area contributed by atoms with Crippen molar-refractivity contribution in [1.29, 1.82) is 0 Å². The molecule has 3 rings (SSSR count). The molecule has 2 aliphatic rings. The largest absolute Gasteiger partial charge is 0.512 e. The maximum absolute atomic E-state index is 12.1. The molecule has 1 N–H and O–H groups in total. The third-order valence-corrected chi connectivity index (χ3v) is 9.26. The van der Waals surface area contributed by atoms with Crippen molar-refractivity contribution in [3.05, 3.63) is 41.7 Å². The van der Waals surface area contributed by atoms with Crippen LogP contribution in [0.15, 0.2) is 41.7 Å². The summed E-state index contributed by atoms with van der Waals surface area (Å²) in [5.41, 5.74) is 1.11. The van der Waals surface area contributed by atoms with Crippen molar-refractivity contribution in [2.24, 2.45) is 5.92 Å². The molecule has 0 spiro atoms. The summed E-state index contributed by atoms with van der Waals surface area (Å²) in [6, 6.07) is 11.9. The number of aliphatic hydroxyl groups is 1. The molecule has 2 atom stereocenters. The van der Waals surface area contributed by atoms with Crippen LogP contribution >= 0.6 is 0 Å². The van der Waals surface area contributed by atoms with Gasteiger partial charge in [0.2, 0.25) is 0 Å². The molecule has 1 saturated carbocycles. The fourth-order valence-electron chi connectivity index (χ4n) is 4.59. The molecule has 4 nitrogen and oxygen atoms in total. The number of hydrogen-bond acceptors (Lipinski definition) is 3. The smallest absolute Gasteiger partial charge is 0.409 e. The standard InChI is InChI=1S/C20H29NO3Si/c1-24-20(23)21-13-12-18(22)19-15(8-7-11-17(19)21)14-25(2,3)16-9-5-4-6-10-16/h4-6,9-10,15,17,22H,7-8,11-14H2,1-3H3/t15-,17+/m0/s1. The number of benzene rings is 1. The van der Waals surface area contributed by atoms with E-state index in [1.54, 1.807) is 0 Å². The number of hydrogen-bond donors (Lipinski definition) is 1. The van der Waals surface area contributed by atoms with Crippen molar-refractivity contribution in [3.63, 3.8) is 0 Å². The van der Waals surface area contributed by atoms with Crippen LogP contribution in [-0.4, -0.2) is 43.9 Å². The topological polar surface area (TPSA) is 49.8 Å². The van der Waals surface area contributed by atoms with E-state index < -0.39 is 8.07 Å². The van der Waals surface area contributed by atoms with Gasteiger partial charge in [-0.25, -0.2) is 4.79 Å². The minimum atomic E-state index is -1.61. The van der Waals surface area contributed by atoms with Gasteiger partial charge in [-0.15, -0.1) is 0 Å². The fourth-order valence-corrected chi connectivity index (χ4v) is 7.58. The van der Waals surface area contributed by atoms with E-state index in [0.717, 1.165) is 30.9 Å². The third kappa shape index (κ3) is 3.61. The quantitative estimate of drug-likeness (QED) is 0.828.